The lowest BCUT2D eigenvalue weighted by atomic mass is 9.62. The Morgan fingerprint density at radius 1 is 1.50 bits per heavy atom. The van der Waals surface area contributed by atoms with Gasteiger partial charge in [-0.25, -0.2) is 4.99 Å². The van der Waals surface area contributed by atoms with Crippen LogP contribution in [0.3, 0.4) is 0 Å². The summed E-state index contributed by atoms with van der Waals surface area (Å²) in [6.07, 6.45) is 6.73. The molecular weight excluding hydrogens is 199 g/mol. The standard InChI is InChI=1S/C12H23BN2O/c1-12(13)7-5-4-6-9-10(8-12)16-11(14-2)15(9)3/h9-10H,4-8,13H2,1-3H3/b14-11-. The lowest BCUT2D eigenvalue weighted by Crippen LogP contribution is -2.36. The van der Waals surface area contributed by atoms with Crippen molar-refractivity contribution in [3.8, 4) is 0 Å². The minimum atomic E-state index is 0.346. The number of hydrogen-bond donors (Lipinski definition) is 0. The predicted molar refractivity (Wildman–Crippen MR) is 69.8 cm³/mol. The third kappa shape index (κ3) is 2.20. The normalized spacial score (nSPS) is 42.4. The molecule has 2 fully saturated rings. The molecule has 0 radical (unpaired) electrons. The van der Waals surface area contributed by atoms with Gasteiger partial charge in [-0.05, 0) is 12.8 Å². The highest BCUT2D eigenvalue weighted by molar-refractivity contribution is 6.14. The maximum absolute atomic E-state index is 5.97. The molecule has 0 spiro atoms. The Kier molecular flexibility index (Phi) is 3.18. The summed E-state index contributed by atoms with van der Waals surface area (Å²) in [4.78, 5) is 6.45. The molecule has 0 bridgehead atoms. The van der Waals surface area contributed by atoms with Crippen LogP contribution in [-0.2, 0) is 4.74 Å². The fraction of sp³-hybridized carbons (Fsp3) is 0.917. The third-order valence-corrected chi connectivity index (χ3v) is 4.03. The molecule has 0 aromatic heterocycles. The number of fused-ring (bicyclic) bond motifs is 1. The summed E-state index contributed by atoms with van der Waals surface area (Å²) < 4.78 is 5.97. The van der Waals surface area contributed by atoms with Gasteiger partial charge in [-0.15, -0.1) is 0 Å². The average Bonchev–Trinajstić information content (AvgIpc) is 2.47. The van der Waals surface area contributed by atoms with Crippen LogP contribution in [0.5, 0.6) is 0 Å². The zero-order valence-electron chi connectivity index (χ0n) is 11.0. The largest absolute Gasteiger partial charge is 0.460 e. The molecule has 2 rings (SSSR count). The van der Waals surface area contributed by atoms with Crippen molar-refractivity contribution in [1.29, 1.82) is 0 Å². The molecule has 1 saturated heterocycles. The van der Waals surface area contributed by atoms with Crippen molar-refractivity contribution in [2.45, 2.75) is 56.5 Å². The number of likely N-dealkylation sites (N-methyl/N-ethyl adjacent to an activating group) is 1. The van der Waals surface area contributed by atoms with E-state index in [1.165, 1.54) is 25.7 Å². The summed E-state index contributed by atoms with van der Waals surface area (Å²) in [5.74, 6) is 0. The van der Waals surface area contributed by atoms with Crippen molar-refractivity contribution >= 4 is 13.9 Å². The van der Waals surface area contributed by atoms with Crippen LogP contribution < -0.4 is 0 Å². The highest BCUT2D eigenvalue weighted by Gasteiger charge is 2.41. The maximum atomic E-state index is 5.97. The van der Waals surface area contributed by atoms with Crippen molar-refractivity contribution in [2.75, 3.05) is 14.1 Å². The third-order valence-electron chi connectivity index (χ3n) is 4.03. The fourth-order valence-electron chi connectivity index (χ4n) is 3.06. The van der Waals surface area contributed by atoms with Crippen molar-refractivity contribution in [1.82, 2.24) is 4.90 Å². The number of nitrogens with zero attached hydrogens (tertiary/aromatic N) is 2. The molecule has 1 aliphatic carbocycles. The van der Waals surface area contributed by atoms with Gasteiger partial charge in [0.1, 0.15) is 14.0 Å². The second-order valence-corrected chi connectivity index (χ2v) is 5.95. The van der Waals surface area contributed by atoms with Gasteiger partial charge in [0.15, 0.2) is 0 Å². The van der Waals surface area contributed by atoms with Gasteiger partial charge in [-0.1, -0.05) is 31.5 Å². The second-order valence-electron chi connectivity index (χ2n) is 5.95. The first kappa shape index (κ1) is 11.8. The Balaban J connectivity index is 2.15. The number of rotatable bonds is 0. The molecule has 0 amide bonds. The zero-order chi connectivity index (χ0) is 11.8. The quantitative estimate of drug-likeness (QED) is 0.579. The van der Waals surface area contributed by atoms with Crippen LogP contribution in [0.25, 0.3) is 0 Å². The molecule has 0 aromatic rings. The average molecular weight is 222 g/mol. The van der Waals surface area contributed by atoms with Gasteiger partial charge in [0.05, 0.1) is 6.04 Å². The van der Waals surface area contributed by atoms with E-state index >= 15 is 0 Å². The molecule has 90 valence electrons. The van der Waals surface area contributed by atoms with Gasteiger partial charge in [0, 0.05) is 14.1 Å². The van der Waals surface area contributed by atoms with E-state index < -0.39 is 0 Å². The lowest BCUT2D eigenvalue weighted by Gasteiger charge is -2.33. The van der Waals surface area contributed by atoms with Crippen LogP contribution in [0, 0.1) is 0 Å². The van der Waals surface area contributed by atoms with Crippen LogP contribution in [0.1, 0.15) is 39.0 Å². The van der Waals surface area contributed by atoms with Crippen molar-refractivity contribution in [2.24, 2.45) is 4.99 Å². The second kappa shape index (κ2) is 4.30. The molecule has 0 N–H and O–H groups in total. The van der Waals surface area contributed by atoms with Gasteiger partial charge in [0.2, 0.25) is 0 Å². The maximum Gasteiger partial charge on any atom is 0.287 e. The van der Waals surface area contributed by atoms with E-state index in [2.05, 4.69) is 31.7 Å². The Hall–Kier alpha value is -0.665. The topological polar surface area (TPSA) is 24.8 Å². The first-order valence-corrected chi connectivity index (χ1v) is 6.40. The first-order chi connectivity index (χ1) is 7.53. The summed E-state index contributed by atoms with van der Waals surface area (Å²) in [5.41, 5.74) is 0. The minimum absolute atomic E-state index is 0.346. The smallest absolute Gasteiger partial charge is 0.287 e. The molecule has 1 heterocycles. The Bertz CT molecular complexity index is 291. The van der Waals surface area contributed by atoms with Gasteiger partial charge in [-0.3, -0.25) is 0 Å². The zero-order valence-corrected chi connectivity index (χ0v) is 11.0. The van der Waals surface area contributed by atoms with Gasteiger partial charge >= 0.3 is 0 Å². The van der Waals surface area contributed by atoms with Gasteiger partial charge < -0.3 is 9.64 Å². The first-order valence-electron chi connectivity index (χ1n) is 6.40. The van der Waals surface area contributed by atoms with Crippen LogP contribution in [0.2, 0.25) is 5.31 Å². The molecule has 3 atom stereocenters. The molecule has 3 unspecified atom stereocenters. The van der Waals surface area contributed by atoms with Crippen LogP contribution in [-0.4, -0.2) is 45.0 Å². The van der Waals surface area contributed by atoms with Crippen molar-refractivity contribution in [3.05, 3.63) is 0 Å². The van der Waals surface area contributed by atoms with Crippen molar-refractivity contribution in [3.63, 3.8) is 0 Å². The SMILES string of the molecule is BC1(C)CCCCC2C(C1)O/C(=N\C)N2C. The van der Waals surface area contributed by atoms with E-state index in [0.29, 0.717) is 17.5 Å². The van der Waals surface area contributed by atoms with Gasteiger partial charge in [-0.2, -0.15) is 0 Å². The minimum Gasteiger partial charge on any atom is -0.460 e. The monoisotopic (exact) mass is 222 g/mol. The molecular formula is C12H23BN2O. The molecule has 1 saturated carbocycles. The molecule has 3 nitrogen and oxygen atoms in total. The predicted octanol–water partition coefficient (Wildman–Crippen LogP) is 1.45. The highest BCUT2D eigenvalue weighted by atomic mass is 16.5. The molecule has 0 aromatic carbocycles. The fourth-order valence-corrected chi connectivity index (χ4v) is 3.06. The van der Waals surface area contributed by atoms with E-state index in [9.17, 15) is 0 Å². The Labute approximate surface area is 99.7 Å². The van der Waals surface area contributed by atoms with Crippen molar-refractivity contribution < 1.29 is 4.74 Å². The Morgan fingerprint density at radius 3 is 2.94 bits per heavy atom. The number of ether oxygens (including phenoxy) is 1. The number of hydrogen-bond acceptors (Lipinski definition) is 2. The van der Waals surface area contributed by atoms with E-state index in [1.54, 1.807) is 0 Å². The van der Waals surface area contributed by atoms with E-state index in [-0.39, 0.29) is 0 Å². The summed E-state index contributed by atoms with van der Waals surface area (Å²) >= 11 is 0. The number of aliphatic imine (C=N–C) groups is 1. The Morgan fingerprint density at radius 2 is 2.25 bits per heavy atom. The van der Waals surface area contributed by atoms with Gasteiger partial charge in [0.25, 0.3) is 6.02 Å². The van der Waals surface area contributed by atoms with E-state index in [1.807, 2.05) is 7.05 Å². The molecule has 4 heteroatoms. The molecule has 16 heavy (non-hydrogen) atoms. The number of amidine groups is 1. The van der Waals surface area contributed by atoms with Crippen LogP contribution in [0.4, 0.5) is 0 Å². The van der Waals surface area contributed by atoms with Crippen LogP contribution in [0.15, 0.2) is 4.99 Å². The summed E-state index contributed by atoms with van der Waals surface area (Å²) in [7, 11) is 6.29. The van der Waals surface area contributed by atoms with E-state index in [0.717, 1.165) is 12.4 Å². The molecule has 2 aliphatic rings. The molecule has 1 aliphatic heterocycles. The summed E-state index contributed by atoms with van der Waals surface area (Å²) in [5, 5.41) is 0.410. The van der Waals surface area contributed by atoms with Crippen LogP contribution >= 0.6 is 0 Å². The lowest BCUT2D eigenvalue weighted by molar-refractivity contribution is 0.144. The summed E-state index contributed by atoms with van der Waals surface area (Å²) in [6, 6.07) is 1.37. The highest BCUT2D eigenvalue weighted by Crippen LogP contribution is 2.41. The summed E-state index contributed by atoms with van der Waals surface area (Å²) in [6.45, 7) is 2.36. The van der Waals surface area contributed by atoms with E-state index in [4.69, 9.17) is 4.74 Å².